The molecule has 0 fully saturated rings. The molecular formula is C16H17N3O3S2. The summed E-state index contributed by atoms with van der Waals surface area (Å²) in [4.78, 5) is 7.85. The highest BCUT2D eigenvalue weighted by Gasteiger charge is 2.07. The SMILES string of the molecule is Cc1ccc2nc(SCCOc3ccc(S(N)(=O)=O)cc3)[nH]c2c1. The molecule has 1 heterocycles. The van der Waals surface area contributed by atoms with Crippen molar-refractivity contribution in [2.45, 2.75) is 17.0 Å². The van der Waals surface area contributed by atoms with Gasteiger partial charge in [-0.15, -0.1) is 0 Å². The number of imidazole rings is 1. The molecule has 8 heteroatoms. The summed E-state index contributed by atoms with van der Waals surface area (Å²) in [5.41, 5.74) is 3.16. The molecule has 24 heavy (non-hydrogen) atoms. The van der Waals surface area contributed by atoms with E-state index in [9.17, 15) is 8.42 Å². The van der Waals surface area contributed by atoms with E-state index in [1.165, 1.54) is 17.7 Å². The number of rotatable bonds is 6. The molecule has 3 N–H and O–H groups in total. The van der Waals surface area contributed by atoms with E-state index in [2.05, 4.69) is 16.0 Å². The highest BCUT2D eigenvalue weighted by Crippen LogP contribution is 2.21. The van der Waals surface area contributed by atoms with Gasteiger partial charge in [-0.3, -0.25) is 0 Å². The summed E-state index contributed by atoms with van der Waals surface area (Å²) in [7, 11) is -3.67. The molecule has 6 nitrogen and oxygen atoms in total. The number of aryl methyl sites for hydroxylation is 1. The number of sulfonamides is 1. The Kier molecular flexibility index (Phi) is 4.79. The number of fused-ring (bicyclic) bond motifs is 1. The van der Waals surface area contributed by atoms with Crippen LogP contribution in [0.3, 0.4) is 0 Å². The fraction of sp³-hybridized carbons (Fsp3) is 0.188. The summed E-state index contributed by atoms with van der Waals surface area (Å²) in [5.74, 6) is 1.32. The fourth-order valence-electron chi connectivity index (χ4n) is 2.19. The number of ether oxygens (including phenoxy) is 1. The predicted molar refractivity (Wildman–Crippen MR) is 94.9 cm³/mol. The number of aromatic amines is 1. The van der Waals surface area contributed by atoms with E-state index in [1.807, 2.05) is 19.1 Å². The lowest BCUT2D eigenvalue weighted by atomic mass is 10.2. The Morgan fingerprint density at radius 2 is 1.96 bits per heavy atom. The molecule has 3 aromatic rings. The van der Waals surface area contributed by atoms with Gasteiger partial charge in [0.05, 0.1) is 22.5 Å². The largest absolute Gasteiger partial charge is 0.493 e. The van der Waals surface area contributed by atoms with Gasteiger partial charge in [-0.25, -0.2) is 18.5 Å². The average Bonchev–Trinajstić information content (AvgIpc) is 2.93. The van der Waals surface area contributed by atoms with Crippen molar-refractivity contribution in [2.75, 3.05) is 12.4 Å². The molecule has 0 radical (unpaired) electrons. The molecule has 0 atom stereocenters. The molecule has 0 aliphatic rings. The van der Waals surface area contributed by atoms with E-state index in [4.69, 9.17) is 9.88 Å². The third-order valence-corrected chi connectivity index (χ3v) is 5.13. The lowest BCUT2D eigenvalue weighted by Crippen LogP contribution is -2.11. The van der Waals surface area contributed by atoms with Crippen molar-refractivity contribution in [3.8, 4) is 5.75 Å². The van der Waals surface area contributed by atoms with Crippen LogP contribution < -0.4 is 9.88 Å². The summed E-state index contributed by atoms with van der Waals surface area (Å²) >= 11 is 1.57. The van der Waals surface area contributed by atoms with Gasteiger partial charge in [0, 0.05) is 5.75 Å². The first-order chi connectivity index (χ1) is 11.4. The molecule has 0 unspecified atom stereocenters. The Labute approximate surface area is 144 Å². The lowest BCUT2D eigenvalue weighted by Gasteiger charge is -2.05. The van der Waals surface area contributed by atoms with Crippen molar-refractivity contribution in [1.82, 2.24) is 9.97 Å². The van der Waals surface area contributed by atoms with Gasteiger partial charge >= 0.3 is 0 Å². The quantitative estimate of drug-likeness (QED) is 0.518. The lowest BCUT2D eigenvalue weighted by molar-refractivity contribution is 0.343. The van der Waals surface area contributed by atoms with Crippen LogP contribution in [0.5, 0.6) is 5.75 Å². The zero-order chi connectivity index (χ0) is 17.2. The number of nitrogens with zero attached hydrogens (tertiary/aromatic N) is 1. The van der Waals surface area contributed by atoms with Gasteiger partial charge in [0.1, 0.15) is 5.75 Å². The zero-order valence-electron chi connectivity index (χ0n) is 13.0. The number of thioether (sulfide) groups is 1. The van der Waals surface area contributed by atoms with Crippen LogP contribution >= 0.6 is 11.8 Å². The molecule has 0 spiro atoms. The van der Waals surface area contributed by atoms with Crippen molar-refractivity contribution in [2.24, 2.45) is 5.14 Å². The maximum Gasteiger partial charge on any atom is 0.238 e. The van der Waals surface area contributed by atoms with Crippen LogP contribution in [-0.2, 0) is 10.0 Å². The van der Waals surface area contributed by atoms with E-state index in [-0.39, 0.29) is 4.90 Å². The van der Waals surface area contributed by atoms with Crippen molar-refractivity contribution in [1.29, 1.82) is 0 Å². The summed E-state index contributed by atoms with van der Waals surface area (Å²) < 4.78 is 27.9. The summed E-state index contributed by atoms with van der Waals surface area (Å²) in [6.45, 7) is 2.53. The highest BCUT2D eigenvalue weighted by atomic mass is 32.2. The maximum atomic E-state index is 11.2. The number of hydrogen-bond acceptors (Lipinski definition) is 5. The van der Waals surface area contributed by atoms with Gasteiger partial charge in [0.15, 0.2) is 5.16 Å². The van der Waals surface area contributed by atoms with Crippen LogP contribution in [-0.4, -0.2) is 30.7 Å². The molecule has 0 bridgehead atoms. The molecule has 0 saturated heterocycles. The van der Waals surface area contributed by atoms with Gasteiger partial charge in [0.25, 0.3) is 0 Å². The van der Waals surface area contributed by atoms with Crippen LogP contribution in [0, 0.1) is 6.92 Å². The summed E-state index contributed by atoms with van der Waals surface area (Å²) in [6, 6.07) is 12.1. The normalized spacial score (nSPS) is 11.8. The zero-order valence-corrected chi connectivity index (χ0v) is 14.7. The second-order valence-electron chi connectivity index (χ2n) is 5.28. The number of hydrogen-bond donors (Lipinski definition) is 2. The van der Waals surface area contributed by atoms with Crippen molar-refractivity contribution < 1.29 is 13.2 Å². The molecule has 0 saturated carbocycles. The minimum absolute atomic E-state index is 0.0711. The van der Waals surface area contributed by atoms with E-state index >= 15 is 0 Å². The molecule has 0 aliphatic carbocycles. The first-order valence-corrected chi connectivity index (χ1v) is 9.80. The first-order valence-electron chi connectivity index (χ1n) is 7.27. The van der Waals surface area contributed by atoms with Crippen LogP contribution in [0.2, 0.25) is 0 Å². The van der Waals surface area contributed by atoms with Crippen molar-refractivity contribution in [3.63, 3.8) is 0 Å². The Bertz CT molecular complexity index is 950. The summed E-state index contributed by atoms with van der Waals surface area (Å²) in [6.07, 6.45) is 0. The Morgan fingerprint density at radius 1 is 1.21 bits per heavy atom. The third-order valence-electron chi connectivity index (χ3n) is 3.36. The van der Waals surface area contributed by atoms with Gasteiger partial charge in [0.2, 0.25) is 10.0 Å². The highest BCUT2D eigenvalue weighted by molar-refractivity contribution is 7.99. The number of H-pyrrole nitrogens is 1. The third kappa shape index (κ3) is 4.08. The van der Waals surface area contributed by atoms with Crippen molar-refractivity contribution >= 4 is 32.8 Å². The monoisotopic (exact) mass is 363 g/mol. The summed E-state index contributed by atoms with van der Waals surface area (Å²) in [5, 5.41) is 5.90. The first kappa shape index (κ1) is 16.8. The van der Waals surface area contributed by atoms with Crippen LogP contribution in [0.25, 0.3) is 11.0 Å². The number of aromatic nitrogens is 2. The maximum absolute atomic E-state index is 11.2. The van der Waals surface area contributed by atoms with Gasteiger partial charge in [-0.05, 0) is 48.9 Å². The minimum Gasteiger partial charge on any atom is -0.493 e. The van der Waals surface area contributed by atoms with E-state index in [0.29, 0.717) is 12.4 Å². The number of benzene rings is 2. The molecule has 0 aliphatic heterocycles. The van der Waals surface area contributed by atoms with E-state index in [0.717, 1.165) is 21.9 Å². The fourth-order valence-corrected chi connectivity index (χ4v) is 3.41. The smallest absolute Gasteiger partial charge is 0.238 e. The van der Waals surface area contributed by atoms with Crippen molar-refractivity contribution in [3.05, 3.63) is 48.0 Å². The molecule has 126 valence electrons. The Balaban J connectivity index is 1.52. The molecule has 3 rings (SSSR count). The Hall–Kier alpha value is -2.03. The number of primary sulfonamides is 1. The molecule has 1 aromatic heterocycles. The van der Waals surface area contributed by atoms with Gasteiger partial charge in [-0.2, -0.15) is 0 Å². The topological polar surface area (TPSA) is 98.1 Å². The number of nitrogens with one attached hydrogen (secondary N) is 1. The van der Waals surface area contributed by atoms with Crippen LogP contribution in [0.1, 0.15) is 5.56 Å². The van der Waals surface area contributed by atoms with Gasteiger partial charge in [-0.1, -0.05) is 17.8 Å². The van der Waals surface area contributed by atoms with E-state index in [1.54, 1.807) is 23.9 Å². The second-order valence-corrected chi connectivity index (χ2v) is 7.92. The Morgan fingerprint density at radius 3 is 2.67 bits per heavy atom. The average molecular weight is 363 g/mol. The predicted octanol–water partition coefficient (Wildman–Crippen LogP) is 2.69. The van der Waals surface area contributed by atoms with E-state index < -0.39 is 10.0 Å². The van der Waals surface area contributed by atoms with Crippen LogP contribution in [0.15, 0.2) is 52.5 Å². The second kappa shape index (κ2) is 6.84. The molecular weight excluding hydrogens is 346 g/mol. The minimum atomic E-state index is -3.67. The van der Waals surface area contributed by atoms with Gasteiger partial charge < -0.3 is 9.72 Å². The molecule has 0 amide bonds. The molecule has 2 aromatic carbocycles. The number of nitrogens with two attached hydrogens (primary N) is 1. The standard InChI is InChI=1S/C16H17N3O3S2/c1-11-2-7-14-15(10-11)19-16(18-14)23-9-8-22-12-3-5-13(6-4-12)24(17,20)21/h2-7,10H,8-9H2,1H3,(H,18,19)(H2,17,20,21). The van der Waals surface area contributed by atoms with Crippen LogP contribution in [0.4, 0.5) is 0 Å².